The number of aromatic amines is 1. The number of aromatic hydroxyl groups is 1. The van der Waals surface area contributed by atoms with Gasteiger partial charge in [-0.3, -0.25) is 4.79 Å². The van der Waals surface area contributed by atoms with Crippen LogP contribution in [-0.2, 0) is 0 Å². The van der Waals surface area contributed by atoms with Crippen LogP contribution in [0.1, 0.15) is 0 Å². The van der Waals surface area contributed by atoms with E-state index in [1.165, 1.54) is 17.9 Å². The number of hydrogen-bond acceptors (Lipinski definition) is 6. The van der Waals surface area contributed by atoms with Gasteiger partial charge >= 0.3 is 0 Å². The van der Waals surface area contributed by atoms with E-state index in [1.54, 1.807) is 18.3 Å². The molecule has 2 aromatic rings. The van der Waals surface area contributed by atoms with E-state index in [0.29, 0.717) is 16.5 Å². The van der Waals surface area contributed by atoms with Crippen LogP contribution in [0.3, 0.4) is 0 Å². The van der Waals surface area contributed by atoms with E-state index in [1.807, 2.05) is 31.1 Å². The summed E-state index contributed by atoms with van der Waals surface area (Å²) in [5.41, 5.74) is 3.50. The molecule has 2 aliphatic rings. The zero-order chi connectivity index (χ0) is 16.8. The topological polar surface area (TPSA) is 82.1 Å². The largest absolute Gasteiger partial charge is 0.507 e. The number of benzene rings is 1. The normalized spacial score (nSPS) is 11.2. The second-order valence-corrected chi connectivity index (χ2v) is 6.45. The zero-order valence-corrected chi connectivity index (χ0v) is 13.9. The number of aromatic nitrogens is 3. The number of nitrogens with zero attached hydrogens (tertiary/aromatic N) is 3. The van der Waals surface area contributed by atoms with Gasteiger partial charge in [-0.05, 0) is 29.7 Å². The van der Waals surface area contributed by atoms with Gasteiger partial charge in [0, 0.05) is 42.7 Å². The summed E-state index contributed by atoms with van der Waals surface area (Å²) in [5.74, 6) is 0.152. The van der Waals surface area contributed by atoms with Gasteiger partial charge in [-0.1, -0.05) is 6.07 Å². The molecule has 24 heavy (non-hydrogen) atoms. The first-order chi connectivity index (χ1) is 11.6. The minimum Gasteiger partial charge on any atom is -0.507 e. The molecule has 7 heteroatoms. The maximum atomic E-state index is 12.4. The molecule has 0 fully saturated rings. The average molecular weight is 338 g/mol. The molecule has 2 heterocycles. The third-order valence-corrected chi connectivity index (χ3v) is 4.86. The minimum atomic E-state index is -0.206. The Hall–Kier alpha value is -2.93. The highest BCUT2D eigenvalue weighted by Crippen LogP contribution is 2.49. The highest BCUT2D eigenvalue weighted by molar-refractivity contribution is 7.10. The Morgan fingerprint density at radius 3 is 2.83 bits per heavy atom. The van der Waals surface area contributed by atoms with Gasteiger partial charge in [-0.2, -0.15) is 0 Å². The van der Waals surface area contributed by atoms with Crippen LogP contribution in [0.15, 0.2) is 41.6 Å². The van der Waals surface area contributed by atoms with Crippen molar-refractivity contribution in [3.63, 3.8) is 0 Å². The van der Waals surface area contributed by atoms with E-state index in [0.717, 1.165) is 21.7 Å². The molecule has 0 saturated heterocycles. The summed E-state index contributed by atoms with van der Waals surface area (Å²) < 4.78 is 4.18. The third-order valence-electron chi connectivity index (χ3n) is 4.03. The fraction of sp³-hybridized carbons (Fsp3) is 0.118. The highest BCUT2D eigenvalue weighted by atomic mass is 32.1. The lowest BCUT2D eigenvalue weighted by atomic mass is 10.00. The molecule has 0 unspecified atom stereocenters. The maximum Gasteiger partial charge on any atom is 0.260 e. The van der Waals surface area contributed by atoms with Crippen molar-refractivity contribution in [2.75, 3.05) is 19.0 Å². The van der Waals surface area contributed by atoms with Crippen molar-refractivity contribution >= 4 is 28.1 Å². The summed E-state index contributed by atoms with van der Waals surface area (Å²) in [7, 11) is 3.83. The van der Waals surface area contributed by atoms with E-state index in [2.05, 4.69) is 14.3 Å². The van der Waals surface area contributed by atoms with E-state index in [4.69, 9.17) is 0 Å². The molecular weight excluding hydrogens is 324 g/mol. The van der Waals surface area contributed by atoms with Crippen molar-refractivity contribution in [2.24, 2.45) is 0 Å². The Bertz CT molecular complexity index is 1080. The highest BCUT2D eigenvalue weighted by Gasteiger charge is 2.26. The van der Waals surface area contributed by atoms with Crippen LogP contribution < -0.4 is 10.5 Å². The fourth-order valence-corrected chi connectivity index (χ4v) is 3.80. The molecule has 0 bridgehead atoms. The molecule has 1 aromatic heterocycles. The number of rotatable bonds is 2. The van der Waals surface area contributed by atoms with Crippen LogP contribution in [0.25, 0.3) is 32.5 Å². The molecule has 0 spiro atoms. The molecule has 120 valence electrons. The lowest BCUT2D eigenvalue weighted by molar-refractivity contribution is 0.477. The Morgan fingerprint density at radius 2 is 2.04 bits per heavy atom. The summed E-state index contributed by atoms with van der Waals surface area (Å²) in [6.45, 7) is 0. The maximum absolute atomic E-state index is 12.4. The summed E-state index contributed by atoms with van der Waals surface area (Å²) in [6.07, 6.45) is 3.08. The Kier molecular flexibility index (Phi) is 3.24. The van der Waals surface area contributed by atoms with Gasteiger partial charge in [0.25, 0.3) is 5.56 Å². The van der Waals surface area contributed by atoms with Crippen LogP contribution in [0.4, 0.5) is 5.69 Å². The number of phenolic OH excluding ortho intramolecular Hbond substituents is 1. The lowest BCUT2D eigenvalue weighted by Crippen LogP contribution is -2.10. The smallest absolute Gasteiger partial charge is 0.260 e. The number of hydrogen-bond donors (Lipinski definition) is 2. The van der Waals surface area contributed by atoms with Crippen molar-refractivity contribution in [3.8, 4) is 27.3 Å². The van der Waals surface area contributed by atoms with E-state index in [9.17, 15) is 9.90 Å². The minimum absolute atomic E-state index is 0.152. The molecule has 0 saturated carbocycles. The molecule has 1 aliphatic carbocycles. The van der Waals surface area contributed by atoms with Crippen molar-refractivity contribution in [3.05, 3.63) is 47.1 Å². The van der Waals surface area contributed by atoms with Crippen LogP contribution in [0, 0.1) is 0 Å². The van der Waals surface area contributed by atoms with Crippen molar-refractivity contribution in [1.29, 1.82) is 0 Å². The van der Waals surface area contributed by atoms with E-state index >= 15 is 0 Å². The van der Waals surface area contributed by atoms with Crippen molar-refractivity contribution in [2.45, 2.75) is 0 Å². The fourth-order valence-electron chi connectivity index (χ4n) is 3.03. The molecular formula is C17H14N4O2S. The first-order valence-electron chi connectivity index (χ1n) is 7.33. The number of phenols is 1. The zero-order valence-electron chi connectivity index (χ0n) is 13.1. The summed E-state index contributed by atoms with van der Waals surface area (Å²) in [6, 6.07) is 7.22. The molecule has 1 aliphatic heterocycles. The molecule has 1 aromatic carbocycles. The average Bonchev–Trinajstić information content (AvgIpc) is 2.90. The predicted octanol–water partition coefficient (Wildman–Crippen LogP) is 2.92. The second kappa shape index (κ2) is 5.31. The van der Waals surface area contributed by atoms with Crippen molar-refractivity contribution in [1.82, 2.24) is 14.3 Å². The van der Waals surface area contributed by atoms with Crippen molar-refractivity contribution < 1.29 is 5.11 Å². The van der Waals surface area contributed by atoms with Gasteiger partial charge in [-0.25, -0.2) is 9.36 Å². The van der Waals surface area contributed by atoms with Crippen LogP contribution in [0.2, 0.25) is 0 Å². The molecule has 2 N–H and O–H groups in total. The van der Waals surface area contributed by atoms with Crippen LogP contribution in [0.5, 0.6) is 5.75 Å². The van der Waals surface area contributed by atoms with Gasteiger partial charge in [-0.15, -0.1) is 0 Å². The van der Waals surface area contributed by atoms with Gasteiger partial charge in [0.1, 0.15) is 5.75 Å². The van der Waals surface area contributed by atoms with Gasteiger partial charge in [0.15, 0.2) is 0 Å². The second-order valence-electron chi connectivity index (χ2n) is 5.65. The molecule has 4 rings (SSSR count). The Labute approximate surface area is 141 Å². The number of fused-ring (bicyclic) bond motifs is 3. The van der Waals surface area contributed by atoms with Gasteiger partial charge in [0.2, 0.25) is 0 Å². The lowest BCUT2D eigenvalue weighted by Gasteiger charge is -2.19. The Balaban J connectivity index is 2.24. The molecule has 0 amide bonds. The molecule has 0 radical (unpaired) electrons. The number of H-pyrrole nitrogens is 1. The number of nitrogens with one attached hydrogen (secondary N) is 1. The first kappa shape index (κ1) is 14.6. The summed E-state index contributed by atoms with van der Waals surface area (Å²) in [5, 5.41) is 11.1. The summed E-state index contributed by atoms with van der Waals surface area (Å²) in [4.78, 5) is 22.1. The summed E-state index contributed by atoms with van der Waals surface area (Å²) >= 11 is 1.25. The van der Waals surface area contributed by atoms with Gasteiger partial charge in [0.05, 0.1) is 22.1 Å². The van der Waals surface area contributed by atoms with Crippen LogP contribution >= 0.6 is 11.5 Å². The standard InChI is InChI=1S/C17H14N4O2S/c1-21(2)10-4-3-5-11(22)13(10)12-9-6-7-20-24-16(9)14-15(12)18-8-19-17(14)23/h3-8,22H,1-2H3,(H,18,19,23). The van der Waals surface area contributed by atoms with Crippen LogP contribution in [-0.4, -0.2) is 33.5 Å². The quantitative estimate of drug-likeness (QED) is 0.587. The number of anilines is 1. The first-order valence-corrected chi connectivity index (χ1v) is 8.10. The molecule has 0 atom stereocenters. The Morgan fingerprint density at radius 1 is 1.21 bits per heavy atom. The van der Waals surface area contributed by atoms with Gasteiger partial charge < -0.3 is 15.0 Å². The monoisotopic (exact) mass is 338 g/mol. The molecule has 6 nitrogen and oxygen atoms in total. The predicted molar refractivity (Wildman–Crippen MR) is 96.1 cm³/mol. The van der Waals surface area contributed by atoms with E-state index < -0.39 is 0 Å². The third kappa shape index (κ3) is 1.98. The SMILES string of the molecule is CN(C)c1cccc(O)c1-c1c2ccnsc-2c2c(=O)[nH]cnc12. The van der Waals surface area contributed by atoms with E-state index in [-0.39, 0.29) is 11.3 Å².